The zero-order valence-electron chi connectivity index (χ0n) is 13.9. The van der Waals surface area contributed by atoms with E-state index in [2.05, 4.69) is 16.0 Å². The lowest BCUT2D eigenvalue weighted by atomic mass is 9.85. The average Bonchev–Trinajstić information content (AvgIpc) is 2.69. The number of carbonyl (C=O) groups is 4. The lowest BCUT2D eigenvalue weighted by Gasteiger charge is -2.31. The summed E-state index contributed by atoms with van der Waals surface area (Å²) in [5, 5.41) is 6.88. The van der Waals surface area contributed by atoms with Crippen LogP contribution in [0.15, 0.2) is 0 Å². The summed E-state index contributed by atoms with van der Waals surface area (Å²) in [7, 11) is 0. The normalized spacial score (nSPS) is 22.0. The maximum absolute atomic E-state index is 12.2. The van der Waals surface area contributed by atoms with Crippen LogP contribution in [0.2, 0.25) is 0 Å². The monoisotopic (exact) mass is 329 g/mol. The van der Waals surface area contributed by atoms with Crippen LogP contribution >= 0.6 is 0 Å². The van der Waals surface area contributed by atoms with E-state index in [4.69, 9.17) is 9.47 Å². The van der Waals surface area contributed by atoms with Crippen molar-refractivity contribution in [2.24, 2.45) is 5.92 Å². The van der Waals surface area contributed by atoms with Crippen molar-refractivity contribution in [3.8, 4) is 0 Å². The van der Waals surface area contributed by atoms with Gasteiger partial charge < -0.3 is 20.1 Å². The van der Waals surface area contributed by atoms with Crippen LogP contribution in [0.1, 0.15) is 34.6 Å². The topological polar surface area (TPSA) is 123 Å². The highest BCUT2D eigenvalue weighted by Crippen LogP contribution is 2.23. The second-order valence-electron chi connectivity index (χ2n) is 6.21. The quantitative estimate of drug-likeness (QED) is 0.492. The van der Waals surface area contributed by atoms with Gasteiger partial charge in [-0.3, -0.25) is 14.9 Å². The Morgan fingerprint density at radius 2 is 1.91 bits per heavy atom. The van der Waals surface area contributed by atoms with Gasteiger partial charge in [0, 0.05) is 0 Å². The van der Waals surface area contributed by atoms with E-state index in [1.165, 1.54) is 6.92 Å². The van der Waals surface area contributed by atoms with Gasteiger partial charge >= 0.3 is 18.1 Å². The highest BCUT2D eigenvalue weighted by atomic mass is 16.6. The van der Waals surface area contributed by atoms with E-state index in [-0.39, 0.29) is 13.2 Å². The summed E-state index contributed by atoms with van der Waals surface area (Å²) in [5.74, 6) is -2.36. The van der Waals surface area contributed by atoms with Gasteiger partial charge in [0.05, 0.1) is 19.1 Å². The smallest absolute Gasteiger partial charge is 0.407 e. The van der Waals surface area contributed by atoms with Gasteiger partial charge in [0.25, 0.3) is 5.91 Å². The first-order valence-electron chi connectivity index (χ1n) is 7.29. The SMILES string of the molecule is CCOC(=O)C(C)C1(CNC(=O)OC(C)(C)C)NC(=O)NC1=O. The van der Waals surface area contributed by atoms with Gasteiger partial charge in [-0.15, -0.1) is 0 Å². The molecule has 1 aliphatic heterocycles. The molecule has 2 atom stereocenters. The number of urea groups is 1. The fourth-order valence-corrected chi connectivity index (χ4v) is 2.08. The van der Waals surface area contributed by atoms with Gasteiger partial charge in [0.15, 0.2) is 5.54 Å². The Morgan fingerprint density at radius 1 is 1.30 bits per heavy atom. The second-order valence-corrected chi connectivity index (χ2v) is 6.21. The van der Waals surface area contributed by atoms with Gasteiger partial charge in [0.2, 0.25) is 0 Å². The Labute approximate surface area is 134 Å². The molecule has 0 radical (unpaired) electrons. The first-order valence-corrected chi connectivity index (χ1v) is 7.29. The molecular weight excluding hydrogens is 306 g/mol. The number of amides is 4. The number of imide groups is 1. The van der Waals surface area contributed by atoms with Gasteiger partial charge in [0.1, 0.15) is 5.60 Å². The van der Waals surface area contributed by atoms with Crippen molar-refractivity contribution in [3.05, 3.63) is 0 Å². The molecule has 130 valence electrons. The largest absolute Gasteiger partial charge is 0.466 e. The van der Waals surface area contributed by atoms with E-state index in [9.17, 15) is 19.2 Å². The van der Waals surface area contributed by atoms with Crippen molar-refractivity contribution in [2.45, 2.75) is 45.8 Å². The van der Waals surface area contributed by atoms with Gasteiger partial charge in [-0.25, -0.2) is 9.59 Å². The molecule has 2 unspecified atom stereocenters. The molecule has 0 aromatic heterocycles. The molecule has 4 amide bonds. The van der Waals surface area contributed by atoms with Crippen molar-refractivity contribution in [3.63, 3.8) is 0 Å². The van der Waals surface area contributed by atoms with Crippen molar-refractivity contribution < 1.29 is 28.7 Å². The van der Waals surface area contributed by atoms with Crippen LogP contribution in [0, 0.1) is 5.92 Å². The predicted octanol–water partition coefficient (Wildman–Crippen LogP) is 0.289. The molecule has 9 nitrogen and oxygen atoms in total. The molecule has 1 fully saturated rings. The minimum Gasteiger partial charge on any atom is -0.466 e. The molecule has 0 saturated carbocycles. The Balaban J connectivity index is 2.90. The van der Waals surface area contributed by atoms with Gasteiger partial charge in [-0.2, -0.15) is 0 Å². The summed E-state index contributed by atoms with van der Waals surface area (Å²) in [5.41, 5.74) is -2.34. The molecule has 0 aromatic carbocycles. The third kappa shape index (κ3) is 4.57. The Kier molecular flexibility index (Phi) is 5.57. The molecule has 0 bridgehead atoms. The van der Waals surface area contributed by atoms with Crippen LogP contribution in [0.5, 0.6) is 0 Å². The molecule has 1 rings (SSSR count). The Morgan fingerprint density at radius 3 is 2.35 bits per heavy atom. The van der Waals surface area contributed by atoms with Crippen molar-refractivity contribution in [1.82, 2.24) is 16.0 Å². The molecule has 0 aliphatic carbocycles. The number of ether oxygens (including phenoxy) is 2. The Bertz CT molecular complexity index is 513. The lowest BCUT2D eigenvalue weighted by molar-refractivity contribution is -0.152. The summed E-state index contributed by atoms with van der Waals surface area (Å²) in [6.07, 6.45) is -0.762. The van der Waals surface area contributed by atoms with E-state index in [1.807, 2.05) is 0 Å². The molecule has 0 aromatic rings. The summed E-state index contributed by atoms with van der Waals surface area (Å²) in [4.78, 5) is 47.4. The number of nitrogens with one attached hydrogen (secondary N) is 3. The number of esters is 1. The first-order chi connectivity index (χ1) is 10.5. The van der Waals surface area contributed by atoms with E-state index < -0.39 is 41.1 Å². The van der Waals surface area contributed by atoms with Crippen LogP contribution in [0.3, 0.4) is 0 Å². The summed E-state index contributed by atoms with van der Waals surface area (Å²) in [6, 6.07) is -0.739. The highest BCUT2D eigenvalue weighted by molar-refractivity contribution is 6.09. The van der Waals surface area contributed by atoms with E-state index in [0.29, 0.717) is 0 Å². The summed E-state index contributed by atoms with van der Waals surface area (Å²) in [6.45, 7) is 7.96. The summed E-state index contributed by atoms with van der Waals surface area (Å²) < 4.78 is 9.98. The lowest BCUT2D eigenvalue weighted by Crippen LogP contribution is -2.61. The fraction of sp³-hybridized carbons (Fsp3) is 0.714. The molecule has 1 aliphatic rings. The van der Waals surface area contributed by atoms with E-state index in [0.717, 1.165) is 0 Å². The fourth-order valence-electron chi connectivity index (χ4n) is 2.08. The number of carbonyl (C=O) groups excluding carboxylic acids is 4. The zero-order valence-corrected chi connectivity index (χ0v) is 13.9. The second kappa shape index (κ2) is 6.84. The van der Waals surface area contributed by atoms with Crippen molar-refractivity contribution >= 4 is 24.0 Å². The molecule has 3 N–H and O–H groups in total. The molecular formula is C14H23N3O6. The van der Waals surface area contributed by atoms with Crippen LogP contribution < -0.4 is 16.0 Å². The number of hydrogen-bond donors (Lipinski definition) is 3. The van der Waals surface area contributed by atoms with Gasteiger partial charge in [-0.05, 0) is 34.6 Å². The molecule has 23 heavy (non-hydrogen) atoms. The van der Waals surface area contributed by atoms with Crippen LogP contribution in [0.25, 0.3) is 0 Å². The number of alkyl carbamates (subject to hydrolysis) is 1. The molecule has 1 saturated heterocycles. The van der Waals surface area contributed by atoms with E-state index >= 15 is 0 Å². The molecule has 1 heterocycles. The molecule has 0 spiro atoms. The maximum atomic E-state index is 12.2. The van der Waals surface area contributed by atoms with Gasteiger partial charge in [-0.1, -0.05) is 0 Å². The number of rotatable bonds is 5. The van der Waals surface area contributed by atoms with Crippen LogP contribution in [-0.2, 0) is 19.1 Å². The zero-order chi connectivity index (χ0) is 17.8. The van der Waals surface area contributed by atoms with Crippen molar-refractivity contribution in [2.75, 3.05) is 13.2 Å². The minimum atomic E-state index is -1.62. The van der Waals surface area contributed by atoms with Crippen molar-refractivity contribution in [1.29, 1.82) is 0 Å². The summed E-state index contributed by atoms with van der Waals surface area (Å²) >= 11 is 0. The number of hydrogen-bond acceptors (Lipinski definition) is 6. The van der Waals surface area contributed by atoms with Crippen LogP contribution in [-0.4, -0.2) is 48.3 Å². The molecule has 9 heteroatoms. The minimum absolute atomic E-state index is 0.133. The standard InChI is InChI=1S/C14H23N3O6/c1-6-22-9(18)8(2)14(10(19)16-11(20)17-14)7-15-12(21)23-13(3,4)5/h8H,6-7H2,1-5H3,(H,15,21)(H2,16,17,19,20). The third-order valence-electron chi connectivity index (χ3n) is 3.26. The predicted molar refractivity (Wildman–Crippen MR) is 79.4 cm³/mol. The third-order valence-corrected chi connectivity index (χ3v) is 3.26. The average molecular weight is 329 g/mol. The van der Waals surface area contributed by atoms with Crippen LogP contribution in [0.4, 0.5) is 9.59 Å². The van der Waals surface area contributed by atoms with E-state index in [1.54, 1.807) is 27.7 Å². The highest BCUT2D eigenvalue weighted by Gasteiger charge is 2.53. The Hall–Kier alpha value is -2.32. The first kappa shape index (κ1) is 18.7. The maximum Gasteiger partial charge on any atom is 0.407 e.